The SMILES string of the molecule is O=C(O)CCSCc1cccc(C(=O)Nc2ccc(Oc3ccccc3)cc2-c2cc(C(=O)NCc3cccc(C(F)(F)F)c3)ccn2)c1. The largest absolute Gasteiger partial charge is 0.481 e. The molecule has 0 fully saturated rings. The van der Waals surface area contributed by atoms with Crippen molar-refractivity contribution in [3.8, 4) is 22.8 Å². The minimum absolute atomic E-state index is 0.0460. The summed E-state index contributed by atoms with van der Waals surface area (Å²) < 4.78 is 45.5. The number of carboxylic acid groups (broad SMARTS) is 1. The first-order valence-electron chi connectivity index (χ1n) is 15.0. The van der Waals surface area contributed by atoms with Gasteiger partial charge in [-0.2, -0.15) is 24.9 Å². The molecule has 0 bridgehead atoms. The second-order valence-corrected chi connectivity index (χ2v) is 11.9. The van der Waals surface area contributed by atoms with Crippen molar-refractivity contribution in [2.45, 2.75) is 24.9 Å². The molecule has 1 heterocycles. The number of carbonyl (C=O) groups is 3. The molecule has 0 aliphatic rings. The summed E-state index contributed by atoms with van der Waals surface area (Å²) >= 11 is 1.46. The van der Waals surface area contributed by atoms with E-state index in [1.54, 1.807) is 48.5 Å². The third-order valence-electron chi connectivity index (χ3n) is 7.14. The zero-order valence-electron chi connectivity index (χ0n) is 25.9. The molecule has 5 rings (SSSR count). The fourth-order valence-corrected chi connectivity index (χ4v) is 5.62. The van der Waals surface area contributed by atoms with Gasteiger partial charge < -0.3 is 20.5 Å². The highest BCUT2D eigenvalue weighted by Gasteiger charge is 2.30. The molecule has 0 unspecified atom stereocenters. The van der Waals surface area contributed by atoms with Crippen molar-refractivity contribution in [2.75, 3.05) is 11.1 Å². The van der Waals surface area contributed by atoms with Crippen LogP contribution in [0.25, 0.3) is 11.3 Å². The summed E-state index contributed by atoms with van der Waals surface area (Å²) in [4.78, 5) is 41.8. The van der Waals surface area contributed by atoms with Gasteiger partial charge in [0.25, 0.3) is 11.8 Å². The minimum atomic E-state index is -4.50. The molecule has 12 heteroatoms. The second kappa shape index (κ2) is 16.0. The lowest BCUT2D eigenvalue weighted by atomic mass is 10.0. The van der Waals surface area contributed by atoms with E-state index in [2.05, 4.69) is 15.6 Å². The number of hydrogen-bond acceptors (Lipinski definition) is 6. The number of benzene rings is 4. The number of pyridine rings is 1. The Labute approximate surface area is 284 Å². The molecule has 0 aliphatic carbocycles. The Kier molecular flexibility index (Phi) is 11.3. The van der Waals surface area contributed by atoms with E-state index in [0.717, 1.165) is 17.7 Å². The number of aromatic nitrogens is 1. The monoisotopic (exact) mass is 685 g/mol. The van der Waals surface area contributed by atoms with Gasteiger partial charge in [0, 0.05) is 40.9 Å². The number of anilines is 1. The fraction of sp³-hybridized carbons (Fsp3) is 0.135. The van der Waals surface area contributed by atoms with E-state index < -0.39 is 29.5 Å². The van der Waals surface area contributed by atoms with Crippen LogP contribution in [-0.4, -0.2) is 33.6 Å². The van der Waals surface area contributed by atoms with Crippen LogP contribution in [0.15, 0.2) is 115 Å². The normalized spacial score (nSPS) is 11.1. The highest BCUT2D eigenvalue weighted by Crippen LogP contribution is 2.34. The molecule has 0 radical (unpaired) electrons. The highest BCUT2D eigenvalue weighted by atomic mass is 32.2. The first kappa shape index (κ1) is 34.7. The number of carboxylic acids is 1. The molecule has 1 aromatic heterocycles. The number of rotatable bonds is 13. The van der Waals surface area contributed by atoms with E-state index in [0.29, 0.717) is 45.5 Å². The smallest absolute Gasteiger partial charge is 0.416 e. The summed E-state index contributed by atoms with van der Waals surface area (Å²) in [5.74, 6) is 0.221. The summed E-state index contributed by atoms with van der Waals surface area (Å²) in [6, 6.07) is 28.9. The topological polar surface area (TPSA) is 118 Å². The Morgan fingerprint density at radius 1 is 0.776 bits per heavy atom. The fourth-order valence-electron chi connectivity index (χ4n) is 4.74. The van der Waals surface area contributed by atoms with Gasteiger partial charge >= 0.3 is 12.1 Å². The molecule has 250 valence electrons. The molecule has 3 N–H and O–H groups in total. The van der Waals surface area contributed by atoms with Crippen LogP contribution in [0.5, 0.6) is 11.5 Å². The van der Waals surface area contributed by atoms with E-state index in [1.807, 2.05) is 24.3 Å². The lowest BCUT2D eigenvalue weighted by molar-refractivity contribution is -0.138. The predicted octanol–water partition coefficient (Wildman–Crippen LogP) is 8.45. The van der Waals surface area contributed by atoms with Crippen molar-refractivity contribution in [1.82, 2.24) is 10.3 Å². The van der Waals surface area contributed by atoms with Gasteiger partial charge in [-0.3, -0.25) is 19.4 Å². The zero-order chi connectivity index (χ0) is 34.8. The maximum Gasteiger partial charge on any atom is 0.416 e. The Bertz CT molecular complexity index is 1950. The van der Waals surface area contributed by atoms with E-state index in [4.69, 9.17) is 9.84 Å². The molecule has 5 aromatic rings. The summed E-state index contributed by atoms with van der Waals surface area (Å²) in [6.45, 7) is -0.126. The van der Waals surface area contributed by atoms with Gasteiger partial charge in [-0.15, -0.1) is 0 Å². The number of nitrogens with one attached hydrogen (secondary N) is 2. The van der Waals surface area contributed by atoms with Gasteiger partial charge in [0.05, 0.1) is 23.4 Å². The average molecular weight is 686 g/mol. The molecule has 4 aromatic carbocycles. The van der Waals surface area contributed by atoms with Gasteiger partial charge in [-0.05, 0) is 77.9 Å². The Morgan fingerprint density at radius 2 is 1.53 bits per heavy atom. The van der Waals surface area contributed by atoms with Crippen molar-refractivity contribution in [2.24, 2.45) is 0 Å². The van der Waals surface area contributed by atoms with Crippen LogP contribution >= 0.6 is 11.8 Å². The molecular weight excluding hydrogens is 655 g/mol. The van der Waals surface area contributed by atoms with E-state index in [9.17, 15) is 27.6 Å². The summed E-state index contributed by atoms with van der Waals surface area (Å²) in [7, 11) is 0. The minimum Gasteiger partial charge on any atom is -0.481 e. The Morgan fingerprint density at radius 3 is 2.31 bits per heavy atom. The van der Waals surface area contributed by atoms with Crippen LogP contribution in [0.2, 0.25) is 0 Å². The van der Waals surface area contributed by atoms with Crippen LogP contribution in [0, 0.1) is 0 Å². The van der Waals surface area contributed by atoms with Gasteiger partial charge in [-0.25, -0.2) is 0 Å². The van der Waals surface area contributed by atoms with Crippen molar-refractivity contribution < 1.29 is 37.4 Å². The molecule has 49 heavy (non-hydrogen) atoms. The van der Waals surface area contributed by atoms with Crippen LogP contribution < -0.4 is 15.4 Å². The summed E-state index contributed by atoms with van der Waals surface area (Å²) in [5, 5.41) is 14.5. The Hall–Kier alpha value is -5.62. The van der Waals surface area contributed by atoms with E-state index >= 15 is 0 Å². The molecule has 0 spiro atoms. The number of hydrogen-bond donors (Lipinski definition) is 3. The molecule has 0 aliphatic heterocycles. The number of halogens is 3. The lowest BCUT2D eigenvalue weighted by Gasteiger charge is -2.15. The standard InChI is InChI=1S/C37H30F3N3O5S/c38-37(39,40)28-9-5-6-24(19-28)22-42-35(46)27-14-16-41-33(20-27)31-21-30(48-29-10-2-1-3-11-29)12-13-32(31)43-36(47)26-8-4-7-25(18-26)23-49-17-15-34(44)45/h1-14,16,18-21H,15,17,22-23H2,(H,42,46)(H,43,47)(H,44,45). The van der Waals surface area contributed by atoms with Gasteiger partial charge in [0.1, 0.15) is 11.5 Å². The number of carbonyl (C=O) groups excluding carboxylic acids is 2. The first-order valence-corrected chi connectivity index (χ1v) is 16.2. The molecule has 8 nitrogen and oxygen atoms in total. The van der Waals surface area contributed by atoms with Crippen LogP contribution in [-0.2, 0) is 23.3 Å². The number of para-hydroxylation sites is 1. The summed E-state index contributed by atoms with van der Waals surface area (Å²) in [6.07, 6.45) is -3.03. The first-order chi connectivity index (χ1) is 23.5. The van der Waals surface area contributed by atoms with Crippen LogP contribution in [0.1, 0.15) is 43.8 Å². The number of amides is 2. The van der Waals surface area contributed by atoms with Crippen molar-refractivity contribution >= 4 is 35.2 Å². The molecule has 0 saturated carbocycles. The quantitative estimate of drug-likeness (QED) is 0.107. The molecular formula is C37H30F3N3O5S. The van der Waals surface area contributed by atoms with E-state index in [-0.39, 0.29) is 24.1 Å². The van der Waals surface area contributed by atoms with Crippen LogP contribution in [0.4, 0.5) is 18.9 Å². The van der Waals surface area contributed by atoms with Gasteiger partial charge in [-0.1, -0.05) is 42.5 Å². The summed E-state index contributed by atoms with van der Waals surface area (Å²) in [5.41, 5.74) is 2.12. The average Bonchev–Trinajstić information content (AvgIpc) is 3.10. The van der Waals surface area contributed by atoms with E-state index in [1.165, 1.54) is 42.2 Å². The van der Waals surface area contributed by atoms with Crippen LogP contribution in [0.3, 0.4) is 0 Å². The molecule has 0 saturated heterocycles. The van der Waals surface area contributed by atoms with Crippen molar-refractivity contribution in [3.63, 3.8) is 0 Å². The van der Waals surface area contributed by atoms with Crippen molar-refractivity contribution in [3.05, 3.63) is 143 Å². The maximum atomic E-state index is 13.4. The van der Waals surface area contributed by atoms with Gasteiger partial charge in [0.2, 0.25) is 0 Å². The third kappa shape index (κ3) is 9.94. The van der Waals surface area contributed by atoms with Crippen molar-refractivity contribution in [1.29, 1.82) is 0 Å². The maximum absolute atomic E-state index is 13.4. The number of nitrogens with zero attached hydrogens (tertiary/aromatic N) is 1. The third-order valence-corrected chi connectivity index (χ3v) is 8.17. The number of thioether (sulfide) groups is 1. The van der Waals surface area contributed by atoms with Gasteiger partial charge in [0.15, 0.2) is 0 Å². The zero-order valence-corrected chi connectivity index (χ0v) is 26.7. The Balaban J connectivity index is 1.38. The number of aliphatic carboxylic acids is 1. The lowest BCUT2D eigenvalue weighted by Crippen LogP contribution is -2.23. The predicted molar refractivity (Wildman–Crippen MR) is 182 cm³/mol. The number of ether oxygens (including phenoxy) is 1. The molecule has 2 amide bonds. The molecule has 0 atom stereocenters. The highest BCUT2D eigenvalue weighted by molar-refractivity contribution is 7.98. The number of alkyl halides is 3. The second-order valence-electron chi connectivity index (χ2n) is 10.8.